The van der Waals surface area contributed by atoms with Gasteiger partial charge in [-0.25, -0.2) is 4.39 Å². The first-order valence-corrected chi connectivity index (χ1v) is 5.98. The molecule has 0 radical (unpaired) electrons. The van der Waals surface area contributed by atoms with Gasteiger partial charge in [-0.1, -0.05) is 19.9 Å². The highest BCUT2D eigenvalue weighted by Gasteiger charge is 2.29. The van der Waals surface area contributed by atoms with Crippen molar-refractivity contribution < 1.29 is 13.9 Å². The number of nitrogens with one attached hydrogen (secondary N) is 1. The maximum atomic E-state index is 12.9. The van der Waals surface area contributed by atoms with E-state index in [0.29, 0.717) is 0 Å². The average molecular weight is 264 g/mol. The average Bonchev–Trinajstić information content (AvgIpc) is 2.36. The van der Waals surface area contributed by atoms with Crippen molar-refractivity contribution >= 4 is 5.91 Å². The Kier molecular flexibility index (Phi) is 4.87. The molecule has 0 heterocycles. The number of benzene rings is 1. The van der Waals surface area contributed by atoms with Crippen LogP contribution in [-0.2, 0) is 4.79 Å². The van der Waals surface area contributed by atoms with Crippen LogP contribution in [0.2, 0.25) is 0 Å². The second-order valence-corrected chi connectivity index (χ2v) is 4.76. The molecule has 0 aliphatic carbocycles. The summed E-state index contributed by atoms with van der Waals surface area (Å²) in [7, 11) is 0. The molecule has 0 saturated heterocycles. The molecule has 0 saturated carbocycles. The van der Waals surface area contributed by atoms with Crippen molar-refractivity contribution in [2.45, 2.75) is 26.3 Å². The summed E-state index contributed by atoms with van der Waals surface area (Å²) in [4.78, 5) is 11.7. The summed E-state index contributed by atoms with van der Waals surface area (Å²) in [6.45, 7) is 5.08. The first-order valence-electron chi connectivity index (χ1n) is 5.98. The van der Waals surface area contributed by atoms with Gasteiger partial charge in [0.25, 0.3) is 5.91 Å². The van der Waals surface area contributed by atoms with Gasteiger partial charge in [-0.2, -0.15) is 5.26 Å². The van der Waals surface area contributed by atoms with Gasteiger partial charge in [0, 0.05) is 6.07 Å². The predicted molar refractivity (Wildman–Crippen MR) is 68.9 cm³/mol. The van der Waals surface area contributed by atoms with Crippen molar-refractivity contribution in [2.75, 3.05) is 6.61 Å². The van der Waals surface area contributed by atoms with E-state index in [1.165, 1.54) is 18.2 Å². The molecular weight excluding hydrogens is 247 g/mol. The Morgan fingerprint density at radius 1 is 1.58 bits per heavy atom. The van der Waals surface area contributed by atoms with E-state index < -0.39 is 17.3 Å². The molecular formula is C14H17FN2O2. The Hall–Kier alpha value is -2.09. The fourth-order valence-corrected chi connectivity index (χ4v) is 1.33. The Morgan fingerprint density at radius 2 is 2.26 bits per heavy atom. The summed E-state index contributed by atoms with van der Waals surface area (Å²) in [5, 5.41) is 11.7. The van der Waals surface area contributed by atoms with Gasteiger partial charge in [-0.3, -0.25) is 4.79 Å². The number of amides is 1. The quantitative estimate of drug-likeness (QED) is 0.887. The van der Waals surface area contributed by atoms with Crippen LogP contribution in [0, 0.1) is 23.1 Å². The molecule has 4 nitrogen and oxygen atoms in total. The van der Waals surface area contributed by atoms with Crippen LogP contribution in [0.1, 0.15) is 20.8 Å². The van der Waals surface area contributed by atoms with Gasteiger partial charge in [0.2, 0.25) is 0 Å². The van der Waals surface area contributed by atoms with Crippen molar-refractivity contribution in [3.05, 3.63) is 30.1 Å². The lowest BCUT2D eigenvalue weighted by Crippen LogP contribution is -2.50. The van der Waals surface area contributed by atoms with Crippen LogP contribution in [-0.4, -0.2) is 18.1 Å². The second-order valence-electron chi connectivity index (χ2n) is 4.76. The number of ether oxygens (including phenoxy) is 1. The molecule has 0 fully saturated rings. The van der Waals surface area contributed by atoms with Crippen LogP contribution < -0.4 is 10.1 Å². The third kappa shape index (κ3) is 4.25. The van der Waals surface area contributed by atoms with Crippen molar-refractivity contribution in [3.63, 3.8) is 0 Å². The molecule has 0 aliphatic rings. The second kappa shape index (κ2) is 6.19. The molecule has 1 rings (SSSR count). The molecule has 0 aromatic heterocycles. The van der Waals surface area contributed by atoms with Crippen LogP contribution in [0.25, 0.3) is 0 Å². The molecule has 1 amide bonds. The third-order valence-corrected chi connectivity index (χ3v) is 2.95. The van der Waals surface area contributed by atoms with E-state index >= 15 is 0 Å². The molecule has 0 unspecified atom stereocenters. The van der Waals surface area contributed by atoms with Crippen LogP contribution in [0.15, 0.2) is 24.3 Å². The molecule has 1 aromatic carbocycles. The Balaban J connectivity index is 2.55. The fourth-order valence-electron chi connectivity index (χ4n) is 1.33. The summed E-state index contributed by atoms with van der Waals surface area (Å²) in [6.07, 6.45) is 0. The zero-order valence-corrected chi connectivity index (χ0v) is 11.2. The molecule has 0 aliphatic heterocycles. The summed E-state index contributed by atoms with van der Waals surface area (Å²) >= 11 is 0. The van der Waals surface area contributed by atoms with Crippen molar-refractivity contribution in [1.82, 2.24) is 5.32 Å². The van der Waals surface area contributed by atoms with Crippen molar-refractivity contribution in [2.24, 2.45) is 5.92 Å². The summed E-state index contributed by atoms with van der Waals surface area (Å²) in [5.41, 5.74) is -0.942. The number of rotatable bonds is 5. The number of carbonyl (C=O) groups is 1. The van der Waals surface area contributed by atoms with E-state index in [2.05, 4.69) is 11.4 Å². The Morgan fingerprint density at radius 3 is 2.79 bits per heavy atom. The zero-order chi connectivity index (χ0) is 14.5. The van der Waals surface area contributed by atoms with E-state index in [1.807, 2.05) is 13.8 Å². The fraction of sp³-hybridized carbons (Fsp3) is 0.429. The zero-order valence-electron chi connectivity index (χ0n) is 11.2. The molecule has 0 bridgehead atoms. The number of nitrogens with zero attached hydrogens (tertiary/aromatic N) is 1. The normalized spacial score (nSPS) is 13.5. The predicted octanol–water partition coefficient (Wildman–Crippen LogP) is 2.26. The smallest absolute Gasteiger partial charge is 0.259 e. The molecule has 1 atom stereocenters. The van der Waals surface area contributed by atoms with E-state index in [-0.39, 0.29) is 18.3 Å². The number of halogens is 1. The molecule has 19 heavy (non-hydrogen) atoms. The summed E-state index contributed by atoms with van der Waals surface area (Å²) in [6, 6.07) is 7.61. The highest BCUT2D eigenvalue weighted by Crippen LogP contribution is 2.15. The highest BCUT2D eigenvalue weighted by molar-refractivity contribution is 5.78. The minimum atomic E-state index is -0.942. The van der Waals surface area contributed by atoms with Gasteiger partial charge in [0.1, 0.15) is 17.1 Å². The molecule has 102 valence electrons. The van der Waals surface area contributed by atoms with Gasteiger partial charge in [0.15, 0.2) is 6.61 Å². The van der Waals surface area contributed by atoms with Gasteiger partial charge >= 0.3 is 0 Å². The van der Waals surface area contributed by atoms with Crippen LogP contribution in [0.4, 0.5) is 4.39 Å². The largest absolute Gasteiger partial charge is 0.484 e. The third-order valence-electron chi connectivity index (χ3n) is 2.95. The maximum Gasteiger partial charge on any atom is 0.259 e. The molecule has 1 aromatic rings. The number of carbonyl (C=O) groups excluding carboxylic acids is 1. The van der Waals surface area contributed by atoms with Crippen LogP contribution >= 0.6 is 0 Å². The lowest BCUT2D eigenvalue weighted by molar-refractivity contribution is -0.124. The SMILES string of the molecule is CC(C)[C@](C)(C#N)NC(=O)COc1cccc(F)c1. The van der Waals surface area contributed by atoms with E-state index in [0.717, 1.165) is 0 Å². The number of hydrogen-bond acceptors (Lipinski definition) is 3. The van der Waals surface area contributed by atoms with E-state index in [9.17, 15) is 9.18 Å². The van der Waals surface area contributed by atoms with E-state index in [4.69, 9.17) is 10.00 Å². The number of hydrogen-bond donors (Lipinski definition) is 1. The molecule has 1 N–H and O–H groups in total. The molecule has 5 heteroatoms. The van der Waals surface area contributed by atoms with Gasteiger partial charge in [-0.05, 0) is 25.0 Å². The first-order chi connectivity index (χ1) is 8.87. The van der Waals surface area contributed by atoms with Crippen molar-refractivity contribution in [1.29, 1.82) is 5.26 Å². The first kappa shape index (κ1) is 15.0. The minimum Gasteiger partial charge on any atom is -0.484 e. The lowest BCUT2D eigenvalue weighted by Gasteiger charge is -2.27. The lowest BCUT2D eigenvalue weighted by atomic mass is 9.90. The maximum absolute atomic E-state index is 12.9. The monoisotopic (exact) mass is 264 g/mol. The topological polar surface area (TPSA) is 62.1 Å². The van der Waals surface area contributed by atoms with Gasteiger partial charge in [-0.15, -0.1) is 0 Å². The minimum absolute atomic E-state index is 0.0318. The van der Waals surface area contributed by atoms with E-state index in [1.54, 1.807) is 13.0 Å². The summed E-state index contributed by atoms with van der Waals surface area (Å²) < 4.78 is 18.1. The van der Waals surface area contributed by atoms with Gasteiger partial charge in [0.05, 0.1) is 6.07 Å². The standard InChI is InChI=1S/C14H17FN2O2/c1-10(2)14(3,9-16)17-13(18)8-19-12-6-4-5-11(15)7-12/h4-7,10H,8H2,1-3H3,(H,17,18)/t14-/m0/s1. The number of nitriles is 1. The molecule has 0 spiro atoms. The summed E-state index contributed by atoms with van der Waals surface area (Å²) in [5.74, 6) is -0.599. The van der Waals surface area contributed by atoms with Crippen LogP contribution in [0.3, 0.4) is 0 Å². The highest BCUT2D eigenvalue weighted by atomic mass is 19.1. The Bertz CT molecular complexity index is 496. The Labute approximate surface area is 112 Å². The van der Waals surface area contributed by atoms with Gasteiger partial charge < -0.3 is 10.1 Å². The van der Waals surface area contributed by atoms with Crippen LogP contribution in [0.5, 0.6) is 5.75 Å². The van der Waals surface area contributed by atoms with Crippen molar-refractivity contribution in [3.8, 4) is 11.8 Å².